The van der Waals surface area contributed by atoms with Crippen LogP contribution in [-0.2, 0) is 31.6 Å². The van der Waals surface area contributed by atoms with Crippen LogP contribution in [0.4, 0.5) is 0 Å². The molecule has 0 amide bonds. The molecule has 0 aliphatic heterocycles. The van der Waals surface area contributed by atoms with Crippen molar-refractivity contribution in [2.45, 2.75) is 13.2 Å². The normalized spacial score (nSPS) is 11.1. The van der Waals surface area contributed by atoms with E-state index in [-0.39, 0.29) is 19.0 Å². The number of hydrogen-bond donors (Lipinski definition) is 0. The van der Waals surface area contributed by atoms with E-state index in [1.807, 2.05) is 60.7 Å². The lowest BCUT2D eigenvalue weighted by Gasteiger charge is -2.19. The molecule has 3 aromatic carbocycles. The fourth-order valence-corrected chi connectivity index (χ4v) is 3.62. The second kappa shape index (κ2) is 10.0. The van der Waals surface area contributed by atoms with Crippen molar-refractivity contribution in [1.29, 1.82) is 0 Å². The smallest absolute Gasteiger partial charge is 0.465 e. The van der Waals surface area contributed by atoms with Crippen molar-refractivity contribution in [3.8, 4) is 5.75 Å². The average Bonchev–Trinajstić information content (AvgIpc) is 2.78. The van der Waals surface area contributed by atoms with Crippen molar-refractivity contribution in [2.75, 3.05) is 7.11 Å². The first-order valence-electron chi connectivity index (χ1n) is 8.93. The summed E-state index contributed by atoms with van der Waals surface area (Å²) in [5, 5.41) is 0. The summed E-state index contributed by atoms with van der Waals surface area (Å²) in [4.78, 5) is 11.6. The SMILES string of the molecule is COC(=O)c1ccc(OP(=O)(OCc2ccccc2)OCc2ccccc2)cc1. The predicted octanol–water partition coefficient (Wildman–Crippen LogP) is 5.39. The van der Waals surface area contributed by atoms with Gasteiger partial charge in [0.05, 0.1) is 25.9 Å². The molecular formula is C22H21O6P. The van der Waals surface area contributed by atoms with E-state index in [2.05, 4.69) is 4.74 Å². The molecular weight excluding hydrogens is 391 g/mol. The molecule has 29 heavy (non-hydrogen) atoms. The van der Waals surface area contributed by atoms with Gasteiger partial charge in [-0.3, -0.25) is 9.05 Å². The number of carbonyl (C=O) groups is 1. The van der Waals surface area contributed by atoms with E-state index in [0.29, 0.717) is 5.56 Å². The minimum atomic E-state index is -3.93. The molecule has 0 fully saturated rings. The Labute approximate surface area is 169 Å². The lowest BCUT2D eigenvalue weighted by Crippen LogP contribution is -2.04. The number of phosphoric ester groups is 1. The summed E-state index contributed by atoms with van der Waals surface area (Å²) in [7, 11) is -2.63. The summed E-state index contributed by atoms with van der Waals surface area (Å²) < 4.78 is 34.6. The van der Waals surface area contributed by atoms with Crippen LogP contribution < -0.4 is 4.52 Å². The highest BCUT2D eigenvalue weighted by atomic mass is 31.2. The van der Waals surface area contributed by atoms with Crippen LogP contribution in [0.1, 0.15) is 21.5 Å². The van der Waals surface area contributed by atoms with Gasteiger partial charge in [0.25, 0.3) is 0 Å². The van der Waals surface area contributed by atoms with Gasteiger partial charge in [0.2, 0.25) is 0 Å². The first kappa shape index (κ1) is 20.8. The summed E-state index contributed by atoms with van der Waals surface area (Å²) in [5.41, 5.74) is 2.02. The Hall–Kier alpha value is -2.92. The van der Waals surface area contributed by atoms with Crippen molar-refractivity contribution in [2.24, 2.45) is 0 Å². The van der Waals surface area contributed by atoms with E-state index in [0.717, 1.165) is 11.1 Å². The summed E-state index contributed by atoms with van der Waals surface area (Å²) in [6, 6.07) is 24.7. The van der Waals surface area contributed by atoms with E-state index in [4.69, 9.17) is 13.6 Å². The second-order valence-electron chi connectivity index (χ2n) is 6.07. The number of carbonyl (C=O) groups excluding carboxylic acids is 1. The highest BCUT2D eigenvalue weighted by Crippen LogP contribution is 2.51. The van der Waals surface area contributed by atoms with Crippen LogP contribution in [0.2, 0.25) is 0 Å². The summed E-state index contributed by atoms with van der Waals surface area (Å²) >= 11 is 0. The summed E-state index contributed by atoms with van der Waals surface area (Å²) in [6.45, 7) is 0.125. The molecule has 3 rings (SSSR count). The molecule has 0 spiro atoms. The number of methoxy groups -OCH3 is 1. The highest BCUT2D eigenvalue weighted by Gasteiger charge is 2.29. The Morgan fingerprint density at radius 1 is 0.759 bits per heavy atom. The van der Waals surface area contributed by atoms with Gasteiger partial charge < -0.3 is 9.26 Å². The van der Waals surface area contributed by atoms with E-state index >= 15 is 0 Å². The van der Waals surface area contributed by atoms with Crippen LogP contribution in [0, 0.1) is 0 Å². The maximum absolute atomic E-state index is 13.2. The van der Waals surface area contributed by atoms with Crippen LogP contribution in [-0.4, -0.2) is 13.1 Å². The molecule has 0 aromatic heterocycles. The zero-order chi connectivity index (χ0) is 20.5. The second-order valence-corrected chi connectivity index (χ2v) is 7.67. The van der Waals surface area contributed by atoms with Crippen molar-refractivity contribution < 1.29 is 27.7 Å². The quantitative estimate of drug-likeness (QED) is 0.346. The maximum Gasteiger partial charge on any atom is 0.530 e. The van der Waals surface area contributed by atoms with Crippen LogP contribution >= 0.6 is 7.82 Å². The van der Waals surface area contributed by atoms with Gasteiger partial charge in [0.15, 0.2) is 0 Å². The van der Waals surface area contributed by atoms with Crippen LogP contribution in [0.3, 0.4) is 0 Å². The van der Waals surface area contributed by atoms with Crippen LogP contribution in [0.5, 0.6) is 5.75 Å². The molecule has 3 aromatic rings. The highest BCUT2D eigenvalue weighted by molar-refractivity contribution is 7.48. The number of esters is 1. The molecule has 0 bridgehead atoms. The topological polar surface area (TPSA) is 71.1 Å². The van der Waals surface area contributed by atoms with Crippen molar-refractivity contribution in [3.63, 3.8) is 0 Å². The molecule has 0 atom stereocenters. The van der Waals surface area contributed by atoms with Crippen molar-refractivity contribution in [1.82, 2.24) is 0 Å². The van der Waals surface area contributed by atoms with Crippen LogP contribution in [0.15, 0.2) is 84.9 Å². The molecule has 0 unspecified atom stereocenters. The third-order valence-electron chi connectivity index (χ3n) is 3.96. The Morgan fingerprint density at radius 3 is 1.69 bits per heavy atom. The molecule has 0 radical (unpaired) electrons. The number of rotatable bonds is 9. The molecule has 7 heteroatoms. The molecule has 0 aliphatic rings. The summed E-state index contributed by atoms with van der Waals surface area (Å²) in [6.07, 6.45) is 0. The fourth-order valence-electron chi connectivity index (χ4n) is 2.44. The molecule has 0 saturated heterocycles. The average molecular weight is 412 g/mol. The van der Waals surface area contributed by atoms with Gasteiger partial charge in [0, 0.05) is 0 Å². The minimum absolute atomic E-state index is 0.0627. The first-order chi connectivity index (χ1) is 14.1. The van der Waals surface area contributed by atoms with Crippen molar-refractivity contribution in [3.05, 3.63) is 102 Å². The number of hydrogen-bond acceptors (Lipinski definition) is 6. The van der Waals surface area contributed by atoms with Gasteiger partial charge in [-0.25, -0.2) is 9.36 Å². The zero-order valence-corrected chi connectivity index (χ0v) is 16.8. The molecule has 150 valence electrons. The lowest BCUT2D eigenvalue weighted by atomic mass is 10.2. The fraction of sp³-hybridized carbons (Fsp3) is 0.136. The van der Waals surface area contributed by atoms with E-state index in [1.165, 1.54) is 31.4 Å². The maximum atomic E-state index is 13.2. The van der Waals surface area contributed by atoms with E-state index in [9.17, 15) is 9.36 Å². The number of ether oxygens (including phenoxy) is 1. The van der Waals surface area contributed by atoms with Gasteiger partial charge in [-0.1, -0.05) is 60.7 Å². The Kier molecular flexibility index (Phi) is 7.19. The molecule has 0 heterocycles. The largest absolute Gasteiger partial charge is 0.530 e. The van der Waals surface area contributed by atoms with E-state index < -0.39 is 13.8 Å². The monoisotopic (exact) mass is 412 g/mol. The zero-order valence-electron chi connectivity index (χ0n) is 15.9. The first-order valence-corrected chi connectivity index (χ1v) is 10.4. The number of benzene rings is 3. The van der Waals surface area contributed by atoms with E-state index in [1.54, 1.807) is 0 Å². The molecule has 0 N–H and O–H groups in total. The van der Waals surface area contributed by atoms with Crippen LogP contribution in [0.25, 0.3) is 0 Å². The van der Waals surface area contributed by atoms with Crippen molar-refractivity contribution >= 4 is 13.8 Å². The Balaban J connectivity index is 1.73. The van der Waals surface area contributed by atoms with Gasteiger partial charge in [-0.05, 0) is 35.4 Å². The minimum Gasteiger partial charge on any atom is -0.465 e. The Morgan fingerprint density at radius 2 is 1.24 bits per heavy atom. The summed E-state index contributed by atoms with van der Waals surface area (Å²) in [5.74, 6) is -0.220. The molecule has 0 aliphatic carbocycles. The molecule has 0 saturated carbocycles. The lowest BCUT2D eigenvalue weighted by molar-refractivity contribution is 0.0600. The molecule has 6 nitrogen and oxygen atoms in total. The third kappa shape index (κ3) is 6.29. The predicted molar refractivity (Wildman–Crippen MR) is 108 cm³/mol. The van der Waals surface area contributed by atoms with Gasteiger partial charge in [-0.15, -0.1) is 0 Å². The number of phosphoric acid groups is 1. The van der Waals surface area contributed by atoms with Gasteiger partial charge in [0.1, 0.15) is 5.75 Å². The standard InChI is InChI=1S/C22H21O6P/c1-25-22(23)20-12-14-21(15-13-20)28-29(24,26-16-18-8-4-2-5-9-18)27-17-19-10-6-3-7-11-19/h2-15H,16-17H2,1H3. The Bertz CT molecular complexity index is 910. The third-order valence-corrected chi connectivity index (χ3v) is 5.28. The van der Waals surface area contributed by atoms with Gasteiger partial charge >= 0.3 is 13.8 Å². The van der Waals surface area contributed by atoms with Gasteiger partial charge in [-0.2, -0.15) is 0 Å².